The Bertz CT molecular complexity index is 955. The largest absolute Gasteiger partial charge is 0.472 e. The van der Waals surface area contributed by atoms with Gasteiger partial charge in [-0.25, -0.2) is 9.78 Å². The van der Waals surface area contributed by atoms with Gasteiger partial charge >= 0.3 is 6.03 Å². The molecule has 9 nitrogen and oxygen atoms in total. The van der Waals surface area contributed by atoms with Gasteiger partial charge in [0.05, 0.1) is 19.2 Å². The lowest BCUT2D eigenvalue weighted by Gasteiger charge is -2.37. The number of nitrogens with zero attached hydrogens (tertiary/aromatic N) is 4. The molecule has 0 aromatic carbocycles. The molecule has 178 valence electrons. The molecule has 0 unspecified atom stereocenters. The van der Waals surface area contributed by atoms with Gasteiger partial charge in [0, 0.05) is 50.2 Å². The Morgan fingerprint density at radius 1 is 1.36 bits per heavy atom. The first-order chi connectivity index (χ1) is 15.8. The smallest absolute Gasteiger partial charge is 0.317 e. The summed E-state index contributed by atoms with van der Waals surface area (Å²) in [6, 6.07) is 4.91. The van der Waals surface area contributed by atoms with Crippen molar-refractivity contribution in [2.24, 2.45) is 5.92 Å². The molecule has 0 bridgehead atoms. The zero-order valence-corrected chi connectivity index (χ0v) is 19.7. The van der Waals surface area contributed by atoms with Crippen molar-refractivity contribution in [1.29, 1.82) is 0 Å². The molecule has 0 saturated heterocycles. The van der Waals surface area contributed by atoms with Crippen molar-refractivity contribution in [3.05, 3.63) is 42.4 Å². The molecule has 2 aromatic heterocycles. The minimum absolute atomic E-state index is 0.0980. The summed E-state index contributed by atoms with van der Waals surface area (Å²) in [4.78, 5) is 37.6. The molecule has 2 aromatic rings. The van der Waals surface area contributed by atoms with Gasteiger partial charge in [-0.3, -0.25) is 9.78 Å². The molecule has 33 heavy (non-hydrogen) atoms. The first kappa shape index (κ1) is 24.4. The number of hydrogen-bond donors (Lipinski definition) is 2. The number of nitrogens with one attached hydrogen (secondary N) is 1. The Balaban J connectivity index is 1.96. The maximum Gasteiger partial charge on any atom is 0.317 e. The van der Waals surface area contributed by atoms with E-state index in [-0.39, 0.29) is 42.5 Å². The van der Waals surface area contributed by atoms with E-state index in [0.717, 1.165) is 17.5 Å². The maximum absolute atomic E-state index is 13.5. The lowest BCUT2D eigenvalue weighted by Crippen LogP contribution is -2.51. The molecule has 3 atom stereocenters. The van der Waals surface area contributed by atoms with Crippen LogP contribution >= 0.6 is 0 Å². The van der Waals surface area contributed by atoms with E-state index in [4.69, 9.17) is 4.74 Å². The number of carbonyl (C=O) groups excluding carboxylic acids is 2. The fraction of sp³-hybridized carbons (Fsp3) is 0.500. The fourth-order valence-electron chi connectivity index (χ4n) is 3.74. The molecule has 3 amide bonds. The van der Waals surface area contributed by atoms with Gasteiger partial charge in [0.1, 0.15) is 11.7 Å². The Kier molecular flexibility index (Phi) is 8.21. The number of ether oxygens (including phenoxy) is 1. The minimum Gasteiger partial charge on any atom is -0.472 e. The van der Waals surface area contributed by atoms with Crippen molar-refractivity contribution in [2.45, 2.75) is 39.3 Å². The Morgan fingerprint density at radius 3 is 2.76 bits per heavy atom. The van der Waals surface area contributed by atoms with Gasteiger partial charge in [0.25, 0.3) is 5.91 Å². The van der Waals surface area contributed by atoms with Gasteiger partial charge in [-0.1, -0.05) is 13.8 Å². The van der Waals surface area contributed by atoms with Crippen molar-refractivity contribution < 1.29 is 19.4 Å². The van der Waals surface area contributed by atoms with Crippen LogP contribution in [0.5, 0.6) is 5.88 Å². The number of likely N-dealkylation sites (N-methyl/N-ethyl adjacent to an activating group) is 1. The summed E-state index contributed by atoms with van der Waals surface area (Å²) in [7, 11) is 1.72. The average Bonchev–Trinajstić information content (AvgIpc) is 2.84. The lowest BCUT2D eigenvalue weighted by atomic mass is 9.99. The summed E-state index contributed by atoms with van der Waals surface area (Å²) >= 11 is 0. The third-order valence-electron chi connectivity index (χ3n) is 5.86. The Hall–Kier alpha value is -3.20. The monoisotopic (exact) mass is 455 g/mol. The zero-order valence-electron chi connectivity index (χ0n) is 19.7. The molecule has 0 saturated carbocycles. The third-order valence-corrected chi connectivity index (χ3v) is 5.86. The number of aliphatic hydroxyl groups is 1. The lowest BCUT2D eigenvalue weighted by molar-refractivity contribution is 0.0352. The molecule has 0 fully saturated rings. The number of amides is 3. The second-order valence-corrected chi connectivity index (χ2v) is 8.55. The van der Waals surface area contributed by atoms with Crippen molar-refractivity contribution in [1.82, 2.24) is 25.1 Å². The van der Waals surface area contributed by atoms with Crippen LogP contribution in [-0.2, 0) is 0 Å². The number of rotatable bonds is 7. The van der Waals surface area contributed by atoms with Crippen LogP contribution in [-0.4, -0.2) is 82.2 Å². The summed E-state index contributed by atoms with van der Waals surface area (Å²) in [5.41, 5.74) is 1.99. The average molecular weight is 456 g/mol. The molecule has 9 heteroatoms. The Morgan fingerprint density at radius 2 is 2.09 bits per heavy atom. The van der Waals surface area contributed by atoms with E-state index in [0.29, 0.717) is 25.2 Å². The standard InChI is InChI=1S/C24H33N5O4/c1-5-8-26-24(32)28(4)14-21-16(2)13-29(17(3)15-30)23(31)20-11-19(12-27-22(20)33-21)18-6-9-25-10-7-18/h6-7,9-12,16-17,21,30H,5,8,13-15H2,1-4H3,(H,26,32)/t16-,17-,21-/m0/s1. The van der Waals surface area contributed by atoms with Gasteiger partial charge in [0.2, 0.25) is 5.88 Å². The summed E-state index contributed by atoms with van der Waals surface area (Å²) in [6.07, 6.45) is 5.50. The predicted octanol–water partition coefficient (Wildman–Crippen LogP) is 2.42. The fourth-order valence-corrected chi connectivity index (χ4v) is 3.74. The number of hydrogen-bond acceptors (Lipinski definition) is 6. The number of urea groups is 1. The predicted molar refractivity (Wildman–Crippen MR) is 125 cm³/mol. The minimum atomic E-state index is -0.387. The van der Waals surface area contributed by atoms with Crippen molar-refractivity contribution in [3.8, 4) is 17.0 Å². The van der Waals surface area contributed by atoms with Gasteiger partial charge < -0.3 is 25.0 Å². The third kappa shape index (κ3) is 5.78. The second-order valence-electron chi connectivity index (χ2n) is 8.55. The number of carbonyl (C=O) groups is 2. The molecule has 1 aliphatic rings. The van der Waals surface area contributed by atoms with E-state index in [1.54, 1.807) is 41.5 Å². The van der Waals surface area contributed by atoms with Crippen molar-refractivity contribution in [3.63, 3.8) is 0 Å². The van der Waals surface area contributed by atoms with Gasteiger partial charge in [-0.15, -0.1) is 0 Å². The summed E-state index contributed by atoms with van der Waals surface area (Å²) in [6.45, 7) is 6.94. The van der Waals surface area contributed by atoms with Crippen molar-refractivity contribution >= 4 is 11.9 Å². The van der Waals surface area contributed by atoms with E-state index < -0.39 is 0 Å². The number of pyridine rings is 2. The molecular formula is C24H33N5O4. The highest BCUT2D eigenvalue weighted by Crippen LogP contribution is 2.30. The molecule has 3 rings (SSSR count). The molecule has 2 N–H and O–H groups in total. The molecular weight excluding hydrogens is 422 g/mol. The summed E-state index contributed by atoms with van der Waals surface area (Å²) in [5.74, 6) is -0.111. The number of aliphatic hydroxyl groups excluding tert-OH is 1. The quantitative estimate of drug-likeness (QED) is 0.664. The first-order valence-corrected chi connectivity index (χ1v) is 11.3. The number of aromatic nitrogens is 2. The first-order valence-electron chi connectivity index (χ1n) is 11.3. The Labute approximate surface area is 194 Å². The molecule has 0 spiro atoms. The molecule has 1 aliphatic heterocycles. The summed E-state index contributed by atoms with van der Waals surface area (Å²) in [5, 5.41) is 12.7. The molecule has 3 heterocycles. The highest BCUT2D eigenvalue weighted by molar-refractivity contribution is 5.98. The van der Waals surface area contributed by atoms with Crippen LogP contribution in [0.3, 0.4) is 0 Å². The van der Waals surface area contributed by atoms with Gasteiger partial charge in [-0.05, 0) is 37.1 Å². The molecule has 0 aliphatic carbocycles. The highest BCUT2D eigenvalue weighted by Gasteiger charge is 2.34. The van der Waals surface area contributed by atoms with E-state index in [1.165, 1.54) is 0 Å². The SMILES string of the molecule is CCCNC(=O)N(C)C[C@@H]1Oc2ncc(-c3ccncc3)cc2C(=O)N([C@@H](C)CO)C[C@@H]1C. The van der Waals surface area contributed by atoms with Crippen LogP contribution in [0.4, 0.5) is 4.79 Å². The van der Waals surface area contributed by atoms with Crippen LogP contribution in [0.2, 0.25) is 0 Å². The van der Waals surface area contributed by atoms with Crippen molar-refractivity contribution in [2.75, 3.05) is 33.3 Å². The van der Waals surface area contributed by atoms with Crippen LogP contribution in [0, 0.1) is 5.92 Å². The van der Waals surface area contributed by atoms with Crippen LogP contribution in [0.15, 0.2) is 36.8 Å². The van der Waals surface area contributed by atoms with Gasteiger partial charge in [0.15, 0.2) is 0 Å². The van der Waals surface area contributed by atoms with Crippen LogP contribution in [0.25, 0.3) is 11.1 Å². The highest BCUT2D eigenvalue weighted by atomic mass is 16.5. The number of fused-ring (bicyclic) bond motifs is 1. The summed E-state index contributed by atoms with van der Waals surface area (Å²) < 4.78 is 6.24. The van der Waals surface area contributed by atoms with Crippen LogP contribution in [0.1, 0.15) is 37.6 Å². The van der Waals surface area contributed by atoms with E-state index in [9.17, 15) is 14.7 Å². The molecule has 0 radical (unpaired) electrons. The second kappa shape index (κ2) is 11.1. The van der Waals surface area contributed by atoms with Gasteiger partial charge in [-0.2, -0.15) is 0 Å². The van der Waals surface area contributed by atoms with Crippen LogP contribution < -0.4 is 10.1 Å². The van der Waals surface area contributed by atoms with E-state index in [1.807, 2.05) is 32.9 Å². The normalized spacial score (nSPS) is 19.1. The van der Waals surface area contributed by atoms with E-state index >= 15 is 0 Å². The maximum atomic E-state index is 13.5. The van der Waals surface area contributed by atoms with E-state index in [2.05, 4.69) is 15.3 Å². The zero-order chi connectivity index (χ0) is 24.0. The topological polar surface area (TPSA) is 108 Å².